The molecule has 0 saturated heterocycles. The van der Waals surface area contributed by atoms with Crippen LogP contribution in [0.25, 0.3) is 11.4 Å². The van der Waals surface area contributed by atoms with Crippen LogP contribution < -0.4 is 9.30 Å². The molecule has 0 bridgehead atoms. The first-order chi connectivity index (χ1) is 14.0. The van der Waals surface area contributed by atoms with Crippen molar-refractivity contribution in [1.82, 2.24) is 4.57 Å². The monoisotopic (exact) mass is 389 g/mol. The van der Waals surface area contributed by atoms with Crippen LogP contribution in [-0.2, 0) is 12.8 Å². The molecule has 0 amide bonds. The summed E-state index contributed by atoms with van der Waals surface area (Å²) in [5.41, 5.74) is 8.39. The standard InChI is InChI=1S/C26H33N2O/c1-18(2)22-9-8-10-23(19(3)4)26(22)28-17-27(24-11-6-7-12-25(24)28)20-13-15-21(29-5)16-14-20/h8-10,13-19H,6-7,11-12H2,1-5H3/q+1. The second-order valence-corrected chi connectivity index (χ2v) is 8.75. The number of nitrogens with zero attached hydrogens (tertiary/aromatic N) is 2. The summed E-state index contributed by atoms with van der Waals surface area (Å²) in [6.45, 7) is 9.21. The fourth-order valence-electron chi connectivity index (χ4n) is 4.60. The maximum Gasteiger partial charge on any atom is 0.254 e. The second-order valence-electron chi connectivity index (χ2n) is 8.75. The van der Waals surface area contributed by atoms with Crippen molar-refractivity contribution in [3.8, 4) is 17.1 Å². The molecule has 3 nitrogen and oxygen atoms in total. The van der Waals surface area contributed by atoms with E-state index in [-0.39, 0.29) is 0 Å². The van der Waals surface area contributed by atoms with Crippen LogP contribution >= 0.6 is 0 Å². The highest BCUT2D eigenvalue weighted by Crippen LogP contribution is 2.31. The normalized spacial score (nSPS) is 13.8. The van der Waals surface area contributed by atoms with Crippen LogP contribution in [0.2, 0.25) is 0 Å². The summed E-state index contributed by atoms with van der Waals surface area (Å²) in [6, 6.07) is 15.3. The van der Waals surface area contributed by atoms with E-state index in [1.807, 2.05) is 0 Å². The number of fused-ring (bicyclic) bond motifs is 1. The molecule has 3 aromatic rings. The van der Waals surface area contributed by atoms with Gasteiger partial charge in [-0.3, -0.25) is 0 Å². The molecular weight excluding hydrogens is 356 g/mol. The fraction of sp³-hybridized carbons (Fsp3) is 0.423. The zero-order valence-corrected chi connectivity index (χ0v) is 18.4. The highest BCUT2D eigenvalue weighted by atomic mass is 16.5. The minimum atomic E-state index is 0.486. The van der Waals surface area contributed by atoms with E-state index in [1.165, 1.54) is 46.7 Å². The Morgan fingerprint density at radius 1 is 0.862 bits per heavy atom. The Hall–Kier alpha value is -2.55. The molecule has 0 saturated carbocycles. The molecule has 1 heterocycles. The molecule has 1 aliphatic rings. The second kappa shape index (κ2) is 8.06. The molecule has 2 aromatic carbocycles. The van der Waals surface area contributed by atoms with E-state index < -0.39 is 0 Å². The molecule has 0 N–H and O–H groups in total. The van der Waals surface area contributed by atoms with Gasteiger partial charge in [-0.15, -0.1) is 0 Å². The summed E-state index contributed by atoms with van der Waals surface area (Å²) in [6.07, 6.45) is 7.12. The van der Waals surface area contributed by atoms with Crippen LogP contribution in [0.4, 0.5) is 0 Å². The van der Waals surface area contributed by atoms with Crippen molar-refractivity contribution in [2.24, 2.45) is 0 Å². The number of hydrogen-bond donors (Lipinski definition) is 0. The molecule has 4 rings (SSSR count). The molecule has 3 heteroatoms. The molecule has 0 unspecified atom stereocenters. The number of imidazole rings is 1. The molecule has 0 aliphatic heterocycles. The Balaban J connectivity index is 1.95. The van der Waals surface area contributed by atoms with Gasteiger partial charge in [0.25, 0.3) is 6.33 Å². The highest BCUT2D eigenvalue weighted by molar-refractivity contribution is 5.46. The number of aromatic nitrogens is 2. The van der Waals surface area contributed by atoms with Crippen molar-refractivity contribution >= 4 is 0 Å². The third-order valence-electron chi connectivity index (χ3n) is 6.16. The third kappa shape index (κ3) is 3.59. The average Bonchev–Trinajstić information content (AvgIpc) is 3.12. The van der Waals surface area contributed by atoms with Gasteiger partial charge in [0.2, 0.25) is 0 Å². The molecule has 0 atom stereocenters. The Morgan fingerprint density at radius 2 is 1.48 bits per heavy atom. The molecule has 1 aliphatic carbocycles. The lowest BCUT2D eigenvalue weighted by molar-refractivity contribution is -0.604. The Kier molecular flexibility index (Phi) is 5.49. The SMILES string of the molecule is COc1ccc(-n2c[n+](-c3c(C(C)C)cccc3C(C)C)c3c2CCCC3)cc1. The van der Waals surface area contributed by atoms with Gasteiger partial charge in [-0.05, 0) is 48.9 Å². The average molecular weight is 390 g/mol. The number of para-hydroxylation sites is 1. The van der Waals surface area contributed by atoms with Gasteiger partial charge in [0.15, 0.2) is 11.4 Å². The minimum absolute atomic E-state index is 0.486. The van der Waals surface area contributed by atoms with Crippen LogP contribution in [0.3, 0.4) is 0 Å². The zero-order valence-electron chi connectivity index (χ0n) is 18.4. The van der Waals surface area contributed by atoms with E-state index >= 15 is 0 Å². The lowest BCUT2D eigenvalue weighted by Crippen LogP contribution is -2.37. The van der Waals surface area contributed by atoms with Gasteiger partial charge < -0.3 is 4.74 Å². The zero-order chi connectivity index (χ0) is 20.5. The first-order valence-electron chi connectivity index (χ1n) is 10.9. The first-order valence-corrected chi connectivity index (χ1v) is 10.9. The van der Waals surface area contributed by atoms with Gasteiger partial charge in [0.05, 0.1) is 7.11 Å². The molecule has 1 aromatic heterocycles. The summed E-state index contributed by atoms with van der Waals surface area (Å²) in [7, 11) is 1.72. The number of rotatable bonds is 5. The van der Waals surface area contributed by atoms with Crippen molar-refractivity contribution in [2.45, 2.75) is 65.2 Å². The maximum atomic E-state index is 5.36. The number of methoxy groups -OCH3 is 1. The third-order valence-corrected chi connectivity index (χ3v) is 6.16. The lowest BCUT2D eigenvalue weighted by Gasteiger charge is -2.18. The van der Waals surface area contributed by atoms with E-state index in [4.69, 9.17) is 4.74 Å². The Labute approximate surface area is 175 Å². The van der Waals surface area contributed by atoms with Crippen LogP contribution in [0.5, 0.6) is 5.75 Å². The van der Waals surface area contributed by atoms with Gasteiger partial charge in [-0.1, -0.05) is 45.9 Å². The quantitative estimate of drug-likeness (QED) is 0.498. The Bertz CT molecular complexity index is 970. The van der Waals surface area contributed by atoms with Crippen LogP contribution in [0.1, 0.15) is 74.9 Å². The van der Waals surface area contributed by atoms with E-state index in [9.17, 15) is 0 Å². The highest BCUT2D eigenvalue weighted by Gasteiger charge is 2.31. The number of hydrogen-bond acceptors (Lipinski definition) is 1. The minimum Gasteiger partial charge on any atom is -0.497 e. The van der Waals surface area contributed by atoms with Gasteiger partial charge >= 0.3 is 0 Å². The van der Waals surface area contributed by atoms with Crippen LogP contribution in [0, 0.1) is 0 Å². The van der Waals surface area contributed by atoms with Crippen molar-refractivity contribution < 1.29 is 9.30 Å². The van der Waals surface area contributed by atoms with E-state index in [0.717, 1.165) is 18.6 Å². The van der Waals surface area contributed by atoms with Crippen molar-refractivity contribution in [3.05, 3.63) is 71.3 Å². The van der Waals surface area contributed by atoms with Crippen LogP contribution in [0.15, 0.2) is 48.8 Å². The smallest absolute Gasteiger partial charge is 0.254 e. The molecular formula is C26H33N2O+. The topological polar surface area (TPSA) is 18.0 Å². The summed E-state index contributed by atoms with van der Waals surface area (Å²) in [4.78, 5) is 0. The summed E-state index contributed by atoms with van der Waals surface area (Å²) in [5.74, 6) is 1.87. The fourth-order valence-corrected chi connectivity index (χ4v) is 4.60. The maximum absolute atomic E-state index is 5.36. The summed E-state index contributed by atoms with van der Waals surface area (Å²) < 4.78 is 10.3. The van der Waals surface area contributed by atoms with Crippen molar-refractivity contribution in [2.75, 3.05) is 7.11 Å². The van der Waals surface area contributed by atoms with E-state index in [2.05, 4.69) is 85.6 Å². The van der Waals surface area contributed by atoms with Gasteiger partial charge in [-0.2, -0.15) is 9.13 Å². The predicted octanol–water partition coefficient (Wildman–Crippen LogP) is 5.89. The van der Waals surface area contributed by atoms with Crippen molar-refractivity contribution in [3.63, 3.8) is 0 Å². The van der Waals surface area contributed by atoms with Crippen molar-refractivity contribution in [1.29, 1.82) is 0 Å². The first kappa shape index (κ1) is 19.8. The van der Waals surface area contributed by atoms with E-state index in [0.29, 0.717) is 11.8 Å². The predicted molar refractivity (Wildman–Crippen MR) is 119 cm³/mol. The molecule has 0 spiro atoms. The molecule has 152 valence electrons. The Morgan fingerprint density at radius 3 is 2.07 bits per heavy atom. The summed E-state index contributed by atoms with van der Waals surface area (Å²) >= 11 is 0. The molecule has 29 heavy (non-hydrogen) atoms. The largest absolute Gasteiger partial charge is 0.497 e. The van der Waals surface area contributed by atoms with E-state index in [1.54, 1.807) is 7.11 Å². The lowest BCUT2D eigenvalue weighted by atomic mass is 9.92. The molecule has 0 fully saturated rings. The van der Waals surface area contributed by atoms with Gasteiger partial charge in [0, 0.05) is 24.0 Å². The summed E-state index contributed by atoms with van der Waals surface area (Å²) in [5, 5.41) is 0. The van der Waals surface area contributed by atoms with Gasteiger partial charge in [-0.25, -0.2) is 0 Å². The molecule has 0 radical (unpaired) electrons. The van der Waals surface area contributed by atoms with Gasteiger partial charge in [0.1, 0.15) is 17.1 Å². The number of benzene rings is 2. The van der Waals surface area contributed by atoms with Crippen LogP contribution in [-0.4, -0.2) is 11.7 Å². The number of ether oxygens (including phenoxy) is 1.